The van der Waals surface area contributed by atoms with Crippen LogP contribution in [0.2, 0.25) is 0 Å². The Kier molecular flexibility index (Phi) is 3.00. The van der Waals surface area contributed by atoms with Crippen molar-refractivity contribution >= 4 is 11.6 Å². The van der Waals surface area contributed by atoms with Gasteiger partial charge in [0.25, 0.3) is 0 Å². The van der Waals surface area contributed by atoms with Crippen LogP contribution in [0.4, 0.5) is 0 Å². The van der Waals surface area contributed by atoms with Gasteiger partial charge < -0.3 is 0 Å². The summed E-state index contributed by atoms with van der Waals surface area (Å²) in [6, 6.07) is 0. The maximum atomic E-state index is 6.05. The van der Waals surface area contributed by atoms with Crippen LogP contribution in [-0.2, 0) is 0 Å². The molecule has 1 aliphatic rings. The summed E-state index contributed by atoms with van der Waals surface area (Å²) in [6.45, 7) is 6.59. The second kappa shape index (κ2) is 3.62. The topological polar surface area (TPSA) is 0 Å². The van der Waals surface area contributed by atoms with Gasteiger partial charge in [0.1, 0.15) is 0 Å². The summed E-state index contributed by atoms with van der Waals surface area (Å²) in [7, 11) is 0. The molecule has 0 N–H and O–H groups in total. The SMILES string of the molecule is CC(C)C(Cl)/C=C\[C@H]1CC1C. The Balaban J connectivity index is 2.24. The van der Waals surface area contributed by atoms with Crippen LogP contribution in [0.5, 0.6) is 0 Å². The van der Waals surface area contributed by atoms with E-state index in [1.165, 1.54) is 6.42 Å². The van der Waals surface area contributed by atoms with Crippen molar-refractivity contribution in [2.24, 2.45) is 17.8 Å². The monoisotopic (exact) mass is 172 g/mol. The summed E-state index contributed by atoms with van der Waals surface area (Å²) < 4.78 is 0. The number of alkyl halides is 1. The van der Waals surface area contributed by atoms with E-state index in [0.717, 1.165) is 11.8 Å². The Morgan fingerprint density at radius 3 is 2.36 bits per heavy atom. The number of allylic oxidation sites excluding steroid dienone is 2. The predicted molar refractivity (Wildman–Crippen MR) is 50.9 cm³/mol. The Morgan fingerprint density at radius 2 is 2.00 bits per heavy atom. The van der Waals surface area contributed by atoms with E-state index >= 15 is 0 Å². The van der Waals surface area contributed by atoms with Gasteiger partial charge in [0, 0.05) is 0 Å². The van der Waals surface area contributed by atoms with Crippen molar-refractivity contribution in [1.29, 1.82) is 0 Å². The Morgan fingerprint density at radius 1 is 1.45 bits per heavy atom. The molecule has 0 bridgehead atoms. The summed E-state index contributed by atoms with van der Waals surface area (Å²) in [5, 5.41) is 0.225. The van der Waals surface area contributed by atoms with E-state index in [1.807, 2.05) is 0 Å². The molecule has 0 heterocycles. The second-order valence-electron chi connectivity index (χ2n) is 3.95. The molecular formula is C10H17Cl. The van der Waals surface area contributed by atoms with Crippen LogP contribution < -0.4 is 0 Å². The number of hydrogen-bond donors (Lipinski definition) is 0. The van der Waals surface area contributed by atoms with Crippen molar-refractivity contribution in [1.82, 2.24) is 0 Å². The molecule has 0 aliphatic heterocycles. The van der Waals surface area contributed by atoms with Crippen LogP contribution >= 0.6 is 11.6 Å². The second-order valence-corrected chi connectivity index (χ2v) is 4.45. The number of halogens is 1. The molecular weight excluding hydrogens is 156 g/mol. The molecule has 1 saturated carbocycles. The Hall–Kier alpha value is 0.0300. The van der Waals surface area contributed by atoms with Gasteiger partial charge in [-0.1, -0.05) is 32.9 Å². The van der Waals surface area contributed by atoms with E-state index in [9.17, 15) is 0 Å². The zero-order valence-corrected chi connectivity index (χ0v) is 8.31. The minimum atomic E-state index is 0.225. The summed E-state index contributed by atoms with van der Waals surface area (Å²) in [5.41, 5.74) is 0. The fourth-order valence-electron chi connectivity index (χ4n) is 1.09. The third-order valence-corrected chi connectivity index (χ3v) is 3.00. The van der Waals surface area contributed by atoms with Gasteiger partial charge in [-0.3, -0.25) is 0 Å². The maximum absolute atomic E-state index is 6.05. The normalized spacial score (nSPS) is 33.2. The van der Waals surface area contributed by atoms with Crippen LogP contribution in [0.15, 0.2) is 12.2 Å². The van der Waals surface area contributed by atoms with Crippen LogP contribution in [0.25, 0.3) is 0 Å². The van der Waals surface area contributed by atoms with E-state index in [0.29, 0.717) is 5.92 Å². The summed E-state index contributed by atoms with van der Waals surface area (Å²) in [5.74, 6) is 2.29. The van der Waals surface area contributed by atoms with E-state index in [1.54, 1.807) is 0 Å². The fraction of sp³-hybridized carbons (Fsp3) is 0.800. The highest BCUT2D eigenvalue weighted by atomic mass is 35.5. The van der Waals surface area contributed by atoms with E-state index < -0.39 is 0 Å². The van der Waals surface area contributed by atoms with Crippen LogP contribution in [0.1, 0.15) is 27.2 Å². The van der Waals surface area contributed by atoms with Crippen molar-refractivity contribution in [2.45, 2.75) is 32.6 Å². The number of rotatable bonds is 3. The molecule has 2 unspecified atom stereocenters. The average Bonchev–Trinajstić information content (AvgIpc) is 2.61. The molecule has 0 aromatic carbocycles. The molecule has 64 valence electrons. The van der Waals surface area contributed by atoms with Crippen molar-refractivity contribution in [3.63, 3.8) is 0 Å². The summed E-state index contributed by atoms with van der Waals surface area (Å²) in [6.07, 6.45) is 5.79. The van der Waals surface area contributed by atoms with Crippen LogP contribution in [-0.4, -0.2) is 5.38 Å². The molecule has 1 aliphatic carbocycles. The minimum Gasteiger partial charge on any atom is -0.118 e. The van der Waals surface area contributed by atoms with Gasteiger partial charge in [-0.05, 0) is 24.2 Å². The van der Waals surface area contributed by atoms with Crippen molar-refractivity contribution < 1.29 is 0 Å². The molecule has 0 radical (unpaired) electrons. The van der Waals surface area contributed by atoms with Gasteiger partial charge >= 0.3 is 0 Å². The fourth-order valence-corrected chi connectivity index (χ4v) is 1.17. The Labute approximate surface area is 74.6 Å². The first kappa shape index (κ1) is 9.12. The zero-order valence-electron chi connectivity index (χ0n) is 7.55. The standard InChI is InChI=1S/C10H17Cl/c1-7(2)10(11)5-4-9-6-8(9)3/h4-5,7-10H,6H2,1-3H3/b5-4-/t8?,9-,10?/m0/s1. The summed E-state index contributed by atoms with van der Waals surface area (Å²) in [4.78, 5) is 0. The first-order valence-corrected chi connectivity index (χ1v) is 4.87. The molecule has 0 aromatic heterocycles. The van der Waals surface area contributed by atoms with Crippen molar-refractivity contribution in [3.8, 4) is 0 Å². The predicted octanol–water partition coefficient (Wildman–Crippen LogP) is 3.46. The zero-order chi connectivity index (χ0) is 8.43. The van der Waals surface area contributed by atoms with Gasteiger partial charge in [-0.15, -0.1) is 11.6 Å². The molecule has 3 atom stereocenters. The van der Waals surface area contributed by atoms with Crippen molar-refractivity contribution in [2.75, 3.05) is 0 Å². The van der Waals surface area contributed by atoms with Gasteiger partial charge in [-0.2, -0.15) is 0 Å². The van der Waals surface area contributed by atoms with Gasteiger partial charge in [0.15, 0.2) is 0 Å². The molecule has 0 aromatic rings. The Bertz CT molecular complexity index is 149. The van der Waals surface area contributed by atoms with E-state index in [2.05, 4.69) is 32.9 Å². The molecule has 0 nitrogen and oxygen atoms in total. The highest BCUT2D eigenvalue weighted by Crippen LogP contribution is 2.39. The highest BCUT2D eigenvalue weighted by molar-refractivity contribution is 6.21. The molecule has 1 fully saturated rings. The largest absolute Gasteiger partial charge is 0.118 e. The van der Waals surface area contributed by atoms with Gasteiger partial charge in [0.2, 0.25) is 0 Å². The van der Waals surface area contributed by atoms with E-state index in [-0.39, 0.29) is 5.38 Å². The van der Waals surface area contributed by atoms with Gasteiger partial charge in [0.05, 0.1) is 5.38 Å². The lowest BCUT2D eigenvalue weighted by molar-refractivity contribution is 0.669. The lowest BCUT2D eigenvalue weighted by atomic mass is 10.1. The molecule has 11 heavy (non-hydrogen) atoms. The quantitative estimate of drug-likeness (QED) is 0.452. The van der Waals surface area contributed by atoms with Crippen LogP contribution in [0.3, 0.4) is 0 Å². The number of hydrogen-bond acceptors (Lipinski definition) is 0. The first-order valence-electron chi connectivity index (χ1n) is 4.43. The average molecular weight is 173 g/mol. The third kappa shape index (κ3) is 2.86. The van der Waals surface area contributed by atoms with Crippen LogP contribution in [0, 0.1) is 17.8 Å². The molecule has 0 amide bonds. The lowest BCUT2D eigenvalue weighted by Crippen LogP contribution is -2.02. The molecule has 1 heteroatoms. The summed E-state index contributed by atoms with van der Waals surface area (Å²) >= 11 is 6.05. The third-order valence-electron chi connectivity index (χ3n) is 2.35. The molecule has 0 saturated heterocycles. The highest BCUT2D eigenvalue weighted by Gasteiger charge is 2.29. The minimum absolute atomic E-state index is 0.225. The first-order chi connectivity index (χ1) is 5.11. The lowest BCUT2D eigenvalue weighted by Gasteiger charge is -2.06. The molecule has 0 spiro atoms. The van der Waals surface area contributed by atoms with Crippen molar-refractivity contribution in [3.05, 3.63) is 12.2 Å². The van der Waals surface area contributed by atoms with Gasteiger partial charge in [-0.25, -0.2) is 0 Å². The maximum Gasteiger partial charge on any atom is 0.0539 e. The molecule has 1 rings (SSSR count). The smallest absolute Gasteiger partial charge is 0.0539 e. The van der Waals surface area contributed by atoms with E-state index in [4.69, 9.17) is 11.6 Å².